The zero-order valence-electron chi connectivity index (χ0n) is 17.6. The van der Waals surface area contributed by atoms with E-state index >= 15 is 0 Å². The number of thioether (sulfide) groups is 1. The Kier molecular flexibility index (Phi) is 7.07. The van der Waals surface area contributed by atoms with Crippen molar-refractivity contribution in [3.8, 4) is 22.8 Å². The average Bonchev–Trinajstić information content (AvgIpc) is 3.26. The van der Waals surface area contributed by atoms with Gasteiger partial charge in [-0.25, -0.2) is 5.43 Å². The maximum absolute atomic E-state index is 12.4. The van der Waals surface area contributed by atoms with Crippen LogP contribution >= 0.6 is 23.4 Å². The van der Waals surface area contributed by atoms with Crippen LogP contribution in [-0.2, 0) is 4.79 Å². The summed E-state index contributed by atoms with van der Waals surface area (Å²) in [6.07, 6.45) is 0. The summed E-state index contributed by atoms with van der Waals surface area (Å²) in [5.41, 5.74) is 5.32. The predicted octanol–water partition coefficient (Wildman–Crippen LogP) is 4.93. The van der Waals surface area contributed by atoms with E-state index < -0.39 is 0 Å². The van der Waals surface area contributed by atoms with Gasteiger partial charge in [-0.3, -0.25) is 9.36 Å². The Morgan fingerprint density at radius 3 is 2.45 bits per heavy atom. The van der Waals surface area contributed by atoms with E-state index in [-0.39, 0.29) is 17.4 Å². The van der Waals surface area contributed by atoms with Crippen molar-refractivity contribution in [3.63, 3.8) is 0 Å². The van der Waals surface area contributed by atoms with Crippen molar-refractivity contribution < 1.29 is 9.90 Å². The number of nitrogens with one attached hydrogen (secondary N) is 1. The van der Waals surface area contributed by atoms with E-state index in [9.17, 15) is 9.90 Å². The van der Waals surface area contributed by atoms with Gasteiger partial charge in [0, 0.05) is 21.8 Å². The second-order valence-electron chi connectivity index (χ2n) is 7.02. The molecule has 0 atom stereocenters. The molecular weight excluding hydrogens is 458 g/mol. The second kappa shape index (κ2) is 10.3. The first kappa shape index (κ1) is 22.6. The number of aromatic hydroxyl groups is 1. The fraction of sp³-hybridized carbons (Fsp3) is 0.0833. The lowest BCUT2D eigenvalue weighted by Crippen LogP contribution is -2.21. The molecule has 2 N–H and O–H groups in total. The van der Waals surface area contributed by atoms with Crippen molar-refractivity contribution in [1.29, 1.82) is 0 Å². The Bertz CT molecular complexity index is 1290. The van der Waals surface area contributed by atoms with Crippen molar-refractivity contribution in [1.82, 2.24) is 20.2 Å². The molecule has 1 amide bonds. The Balaban J connectivity index is 1.53. The number of hydrogen-bond donors (Lipinski definition) is 2. The molecule has 1 heterocycles. The van der Waals surface area contributed by atoms with E-state index in [0.717, 1.165) is 11.3 Å². The first-order valence-electron chi connectivity index (χ1n) is 10.0. The Morgan fingerprint density at radius 2 is 1.73 bits per heavy atom. The largest absolute Gasteiger partial charge is 0.507 e. The normalized spacial score (nSPS) is 11.4. The van der Waals surface area contributed by atoms with Crippen molar-refractivity contribution in [2.45, 2.75) is 12.1 Å². The molecule has 0 bridgehead atoms. The van der Waals surface area contributed by atoms with E-state index in [1.807, 2.05) is 47.0 Å². The third-order valence-electron chi connectivity index (χ3n) is 4.72. The molecule has 0 spiro atoms. The van der Waals surface area contributed by atoms with Gasteiger partial charge in [-0.2, -0.15) is 5.10 Å². The van der Waals surface area contributed by atoms with Gasteiger partial charge in [0.1, 0.15) is 5.75 Å². The number of halogens is 1. The summed E-state index contributed by atoms with van der Waals surface area (Å²) < 4.78 is 1.89. The van der Waals surface area contributed by atoms with Crippen LogP contribution in [0, 0.1) is 0 Å². The van der Waals surface area contributed by atoms with Crippen molar-refractivity contribution in [2.24, 2.45) is 5.10 Å². The zero-order valence-corrected chi connectivity index (χ0v) is 19.2. The number of para-hydroxylation sites is 1. The van der Waals surface area contributed by atoms with Crippen LogP contribution in [0.2, 0.25) is 5.02 Å². The summed E-state index contributed by atoms with van der Waals surface area (Å²) in [5.74, 6) is 0.542. The number of hydrazone groups is 1. The number of amides is 1. The van der Waals surface area contributed by atoms with Gasteiger partial charge in [-0.1, -0.05) is 65.8 Å². The lowest BCUT2D eigenvalue weighted by molar-refractivity contribution is -0.118. The van der Waals surface area contributed by atoms with Crippen LogP contribution in [0.5, 0.6) is 5.75 Å². The first-order valence-corrected chi connectivity index (χ1v) is 11.4. The van der Waals surface area contributed by atoms with E-state index in [1.54, 1.807) is 43.3 Å². The average molecular weight is 478 g/mol. The van der Waals surface area contributed by atoms with Gasteiger partial charge < -0.3 is 5.11 Å². The minimum absolute atomic E-state index is 0.0814. The second-order valence-corrected chi connectivity index (χ2v) is 8.40. The third kappa shape index (κ3) is 5.42. The van der Waals surface area contributed by atoms with E-state index in [1.165, 1.54) is 11.8 Å². The number of rotatable bonds is 7. The summed E-state index contributed by atoms with van der Waals surface area (Å²) in [4.78, 5) is 12.4. The molecule has 0 aliphatic carbocycles. The van der Waals surface area contributed by atoms with Crippen molar-refractivity contribution in [3.05, 3.63) is 89.4 Å². The highest BCUT2D eigenvalue weighted by Gasteiger charge is 2.17. The standard InChI is InChI=1S/C24H20ClN5O2S/c1-16(20-9-5-6-10-21(20)31)26-27-22(32)15-33-24-29-28-23(17-7-3-2-4-8-17)30(24)19-13-11-18(25)12-14-19/h2-14,31H,15H2,1H3,(H,27,32)/b26-16-. The maximum Gasteiger partial charge on any atom is 0.250 e. The summed E-state index contributed by atoms with van der Waals surface area (Å²) in [6.45, 7) is 1.71. The van der Waals surface area contributed by atoms with Crippen molar-refractivity contribution in [2.75, 3.05) is 5.75 Å². The lowest BCUT2D eigenvalue weighted by atomic mass is 10.1. The first-order chi connectivity index (χ1) is 16.0. The van der Waals surface area contributed by atoms with E-state index in [4.69, 9.17) is 11.6 Å². The van der Waals surface area contributed by atoms with Gasteiger partial charge in [0.05, 0.1) is 11.5 Å². The van der Waals surface area contributed by atoms with Gasteiger partial charge in [-0.05, 0) is 43.3 Å². The number of hydrogen-bond acceptors (Lipinski definition) is 6. The van der Waals surface area contributed by atoms with Crippen LogP contribution in [0.15, 0.2) is 89.1 Å². The minimum atomic E-state index is -0.304. The molecule has 0 aliphatic heterocycles. The van der Waals surface area contributed by atoms with Crippen LogP contribution in [0.1, 0.15) is 12.5 Å². The van der Waals surface area contributed by atoms with Gasteiger partial charge in [0.2, 0.25) is 0 Å². The fourth-order valence-electron chi connectivity index (χ4n) is 3.11. The van der Waals surface area contributed by atoms with Crippen LogP contribution in [0.3, 0.4) is 0 Å². The predicted molar refractivity (Wildman–Crippen MR) is 131 cm³/mol. The number of phenols is 1. The maximum atomic E-state index is 12.4. The molecule has 33 heavy (non-hydrogen) atoms. The molecule has 4 rings (SSSR count). The lowest BCUT2D eigenvalue weighted by Gasteiger charge is -2.10. The number of carbonyl (C=O) groups is 1. The molecule has 0 unspecified atom stereocenters. The Labute approximate surface area is 200 Å². The smallest absolute Gasteiger partial charge is 0.250 e. The van der Waals surface area contributed by atoms with Crippen LogP contribution in [0.25, 0.3) is 17.1 Å². The summed E-state index contributed by atoms with van der Waals surface area (Å²) >= 11 is 7.31. The molecule has 0 fully saturated rings. The summed E-state index contributed by atoms with van der Waals surface area (Å²) in [7, 11) is 0. The molecule has 7 nitrogen and oxygen atoms in total. The number of aromatic nitrogens is 3. The Hall–Kier alpha value is -3.62. The Morgan fingerprint density at radius 1 is 1.03 bits per heavy atom. The van der Waals surface area contributed by atoms with Gasteiger partial charge in [0.25, 0.3) is 5.91 Å². The number of nitrogens with zero attached hydrogens (tertiary/aromatic N) is 4. The summed E-state index contributed by atoms with van der Waals surface area (Å²) in [5, 5.41) is 23.9. The third-order valence-corrected chi connectivity index (χ3v) is 5.91. The van der Waals surface area contributed by atoms with Crippen LogP contribution < -0.4 is 5.43 Å². The quantitative estimate of drug-likeness (QED) is 0.224. The molecule has 3 aromatic carbocycles. The molecule has 4 aromatic rings. The molecule has 9 heteroatoms. The topological polar surface area (TPSA) is 92.4 Å². The SMILES string of the molecule is C/C(=N/NC(=O)CSc1nnc(-c2ccccc2)n1-c1ccc(Cl)cc1)c1ccccc1O. The van der Waals surface area contributed by atoms with Crippen LogP contribution in [0.4, 0.5) is 0 Å². The van der Waals surface area contributed by atoms with Crippen LogP contribution in [-0.4, -0.2) is 37.2 Å². The van der Waals surface area contributed by atoms with E-state index in [0.29, 0.717) is 27.3 Å². The summed E-state index contributed by atoms with van der Waals surface area (Å²) in [6, 6.07) is 23.9. The minimum Gasteiger partial charge on any atom is -0.507 e. The highest BCUT2D eigenvalue weighted by molar-refractivity contribution is 7.99. The monoisotopic (exact) mass is 477 g/mol. The zero-order chi connectivity index (χ0) is 23.2. The molecule has 0 saturated heterocycles. The fourth-order valence-corrected chi connectivity index (χ4v) is 3.98. The van der Waals surface area contributed by atoms with E-state index in [2.05, 4.69) is 20.7 Å². The molecule has 0 aliphatic rings. The van der Waals surface area contributed by atoms with Gasteiger partial charge >= 0.3 is 0 Å². The number of carbonyl (C=O) groups excluding carboxylic acids is 1. The molecule has 166 valence electrons. The van der Waals surface area contributed by atoms with Gasteiger partial charge in [-0.15, -0.1) is 10.2 Å². The molecule has 1 aromatic heterocycles. The number of benzene rings is 3. The molecular formula is C24H20ClN5O2S. The highest BCUT2D eigenvalue weighted by atomic mass is 35.5. The molecule has 0 radical (unpaired) electrons. The van der Waals surface area contributed by atoms with Crippen molar-refractivity contribution >= 4 is 35.0 Å². The highest BCUT2D eigenvalue weighted by Crippen LogP contribution is 2.28. The number of phenolic OH excluding ortho intramolecular Hbond substituents is 1. The van der Waals surface area contributed by atoms with Gasteiger partial charge in [0.15, 0.2) is 11.0 Å². The molecule has 0 saturated carbocycles.